The molecule has 0 saturated heterocycles. The molecular formula is C10H8O3. The predicted octanol–water partition coefficient (Wildman–Crippen LogP) is 1.81. The minimum absolute atomic E-state index is 0.349. The van der Waals surface area contributed by atoms with Crippen LogP contribution in [0.15, 0.2) is 33.5 Å². The minimum atomic E-state index is -0.698. The molecule has 1 N–H and O–H groups in total. The Morgan fingerprint density at radius 3 is 2.85 bits per heavy atom. The van der Waals surface area contributed by atoms with E-state index >= 15 is 0 Å². The standard InChI is InChI=1S/C10H8O3/c1-6-2-3-9-7(4-6)5-8(11)10(12)13-9/h2-5,11H,1H3. The Morgan fingerprint density at radius 1 is 1.31 bits per heavy atom. The monoisotopic (exact) mass is 176 g/mol. The molecule has 3 nitrogen and oxygen atoms in total. The summed E-state index contributed by atoms with van der Waals surface area (Å²) in [5, 5.41) is 9.84. The van der Waals surface area contributed by atoms with Crippen LogP contribution in [0.2, 0.25) is 0 Å². The number of aromatic hydroxyl groups is 1. The molecule has 1 aromatic heterocycles. The molecule has 0 bridgehead atoms. The summed E-state index contributed by atoms with van der Waals surface area (Å²) in [6, 6.07) is 6.82. The first kappa shape index (κ1) is 7.86. The van der Waals surface area contributed by atoms with Gasteiger partial charge >= 0.3 is 5.63 Å². The van der Waals surface area contributed by atoms with E-state index in [0.29, 0.717) is 5.58 Å². The maximum Gasteiger partial charge on any atom is 0.378 e. The van der Waals surface area contributed by atoms with Crippen LogP contribution in [0.4, 0.5) is 0 Å². The largest absolute Gasteiger partial charge is 0.502 e. The SMILES string of the molecule is Cc1ccc2oc(=O)c(O)cc2c1. The molecule has 0 aliphatic carbocycles. The van der Waals surface area contributed by atoms with E-state index in [0.717, 1.165) is 10.9 Å². The summed E-state index contributed by atoms with van der Waals surface area (Å²) in [6.07, 6.45) is 0. The fraction of sp³-hybridized carbons (Fsp3) is 0.100. The fourth-order valence-corrected chi connectivity index (χ4v) is 1.23. The summed E-state index contributed by atoms with van der Waals surface area (Å²) >= 11 is 0. The third-order valence-electron chi connectivity index (χ3n) is 1.87. The first-order valence-electron chi connectivity index (χ1n) is 3.90. The lowest BCUT2D eigenvalue weighted by molar-refractivity contribution is 0.428. The van der Waals surface area contributed by atoms with E-state index in [9.17, 15) is 4.79 Å². The topological polar surface area (TPSA) is 50.4 Å². The van der Waals surface area contributed by atoms with E-state index in [4.69, 9.17) is 9.52 Å². The number of fused-ring (bicyclic) bond motifs is 1. The number of benzene rings is 1. The Hall–Kier alpha value is -1.77. The lowest BCUT2D eigenvalue weighted by Gasteiger charge is -1.97. The van der Waals surface area contributed by atoms with E-state index in [1.165, 1.54) is 6.07 Å². The van der Waals surface area contributed by atoms with Gasteiger partial charge in [-0.2, -0.15) is 0 Å². The van der Waals surface area contributed by atoms with Gasteiger partial charge in [-0.25, -0.2) is 4.79 Å². The molecule has 0 atom stereocenters. The third kappa shape index (κ3) is 1.28. The van der Waals surface area contributed by atoms with Crippen molar-refractivity contribution >= 4 is 11.0 Å². The first-order valence-corrected chi connectivity index (χ1v) is 3.90. The molecule has 13 heavy (non-hydrogen) atoms. The maximum atomic E-state index is 10.9. The lowest BCUT2D eigenvalue weighted by atomic mass is 10.1. The molecule has 0 amide bonds. The summed E-state index contributed by atoms with van der Waals surface area (Å²) in [7, 11) is 0. The van der Waals surface area contributed by atoms with Gasteiger partial charge < -0.3 is 9.52 Å². The Bertz CT molecular complexity index is 511. The highest BCUT2D eigenvalue weighted by molar-refractivity contribution is 5.78. The zero-order valence-electron chi connectivity index (χ0n) is 7.07. The minimum Gasteiger partial charge on any atom is -0.502 e. The predicted molar refractivity (Wildman–Crippen MR) is 48.9 cm³/mol. The molecule has 0 radical (unpaired) electrons. The smallest absolute Gasteiger partial charge is 0.378 e. The van der Waals surface area contributed by atoms with Gasteiger partial charge in [0.15, 0.2) is 0 Å². The highest BCUT2D eigenvalue weighted by Gasteiger charge is 2.02. The molecule has 0 unspecified atom stereocenters. The number of hydrogen-bond donors (Lipinski definition) is 1. The summed E-state index contributed by atoms with van der Waals surface area (Å²) in [4.78, 5) is 10.9. The number of hydrogen-bond acceptors (Lipinski definition) is 3. The van der Waals surface area contributed by atoms with Crippen molar-refractivity contribution in [2.45, 2.75) is 6.92 Å². The maximum absolute atomic E-state index is 10.9. The summed E-state index contributed by atoms with van der Waals surface area (Å²) < 4.78 is 4.84. The van der Waals surface area contributed by atoms with Gasteiger partial charge in [0.2, 0.25) is 5.75 Å². The molecule has 66 valence electrons. The molecule has 0 aliphatic rings. The summed E-state index contributed by atoms with van der Waals surface area (Å²) in [5.74, 6) is -0.349. The van der Waals surface area contributed by atoms with Gasteiger partial charge in [0, 0.05) is 5.39 Å². The van der Waals surface area contributed by atoms with Crippen LogP contribution in [-0.2, 0) is 0 Å². The van der Waals surface area contributed by atoms with Gasteiger partial charge in [-0.1, -0.05) is 11.6 Å². The normalized spacial score (nSPS) is 10.5. The van der Waals surface area contributed by atoms with Crippen molar-refractivity contribution in [3.63, 3.8) is 0 Å². The van der Waals surface area contributed by atoms with E-state index in [2.05, 4.69) is 0 Å². The van der Waals surface area contributed by atoms with E-state index in [1.807, 2.05) is 19.1 Å². The van der Waals surface area contributed by atoms with Crippen LogP contribution < -0.4 is 5.63 Å². The fourth-order valence-electron chi connectivity index (χ4n) is 1.23. The van der Waals surface area contributed by atoms with Crippen molar-refractivity contribution in [2.75, 3.05) is 0 Å². The van der Waals surface area contributed by atoms with Crippen LogP contribution in [0.1, 0.15) is 5.56 Å². The van der Waals surface area contributed by atoms with Crippen molar-refractivity contribution in [3.05, 3.63) is 40.2 Å². The van der Waals surface area contributed by atoms with E-state index in [1.54, 1.807) is 6.07 Å². The average molecular weight is 176 g/mol. The Morgan fingerprint density at radius 2 is 2.08 bits per heavy atom. The summed E-state index contributed by atoms with van der Waals surface area (Å²) in [5.41, 5.74) is 0.852. The second kappa shape index (κ2) is 2.62. The highest BCUT2D eigenvalue weighted by atomic mass is 16.4. The van der Waals surface area contributed by atoms with Crippen LogP contribution in [0.3, 0.4) is 0 Å². The lowest BCUT2D eigenvalue weighted by Crippen LogP contribution is -1.96. The van der Waals surface area contributed by atoms with Crippen LogP contribution in [0.25, 0.3) is 11.0 Å². The van der Waals surface area contributed by atoms with Crippen LogP contribution in [0.5, 0.6) is 5.75 Å². The van der Waals surface area contributed by atoms with Crippen LogP contribution >= 0.6 is 0 Å². The molecule has 2 rings (SSSR count). The van der Waals surface area contributed by atoms with Gasteiger partial charge in [-0.3, -0.25) is 0 Å². The average Bonchev–Trinajstić information content (AvgIpc) is 2.08. The Balaban J connectivity index is 2.89. The molecule has 1 aromatic carbocycles. The molecule has 1 heterocycles. The quantitative estimate of drug-likeness (QED) is 0.623. The van der Waals surface area contributed by atoms with Gasteiger partial charge in [-0.15, -0.1) is 0 Å². The van der Waals surface area contributed by atoms with E-state index < -0.39 is 5.63 Å². The third-order valence-corrected chi connectivity index (χ3v) is 1.87. The van der Waals surface area contributed by atoms with E-state index in [-0.39, 0.29) is 5.75 Å². The molecule has 0 fully saturated rings. The summed E-state index contributed by atoms with van der Waals surface area (Å²) in [6.45, 7) is 1.93. The zero-order chi connectivity index (χ0) is 9.42. The second-order valence-electron chi connectivity index (χ2n) is 2.96. The van der Waals surface area contributed by atoms with Crippen molar-refractivity contribution in [2.24, 2.45) is 0 Å². The zero-order valence-corrected chi connectivity index (χ0v) is 7.07. The van der Waals surface area contributed by atoms with Crippen molar-refractivity contribution in [1.29, 1.82) is 0 Å². The molecule has 0 spiro atoms. The number of aryl methyl sites for hydroxylation is 1. The van der Waals surface area contributed by atoms with Crippen molar-refractivity contribution < 1.29 is 9.52 Å². The highest BCUT2D eigenvalue weighted by Crippen LogP contribution is 2.17. The second-order valence-corrected chi connectivity index (χ2v) is 2.96. The first-order chi connectivity index (χ1) is 6.16. The van der Waals surface area contributed by atoms with Gasteiger partial charge in [0.1, 0.15) is 5.58 Å². The molecule has 0 saturated carbocycles. The molecule has 3 heteroatoms. The van der Waals surface area contributed by atoms with Crippen molar-refractivity contribution in [3.8, 4) is 5.75 Å². The molecule has 0 aliphatic heterocycles. The Labute approximate surface area is 74.2 Å². The van der Waals surface area contributed by atoms with Crippen LogP contribution in [-0.4, -0.2) is 5.11 Å². The van der Waals surface area contributed by atoms with Crippen molar-refractivity contribution in [1.82, 2.24) is 0 Å². The van der Waals surface area contributed by atoms with Gasteiger partial charge in [0.25, 0.3) is 0 Å². The van der Waals surface area contributed by atoms with Gasteiger partial charge in [-0.05, 0) is 25.1 Å². The molecule has 2 aromatic rings. The Kier molecular flexibility index (Phi) is 1.59. The van der Waals surface area contributed by atoms with Crippen LogP contribution in [0, 0.1) is 6.92 Å². The number of rotatable bonds is 0. The van der Waals surface area contributed by atoms with Gasteiger partial charge in [0.05, 0.1) is 0 Å². The molecular weight excluding hydrogens is 168 g/mol.